The van der Waals surface area contributed by atoms with Gasteiger partial charge in [-0.2, -0.15) is 0 Å². The van der Waals surface area contributed by atoms with Gasteiger partial charge in [0.2, 0.25) is 0 Å². The predicted octanol–water partition coefficient (Wildman–Crippen LogP) is 2.07. The van der Waals surface area contributed by atoms with Crippen LogP contribution in [0.3, 0.4) is 0 Å². The maximum absolute atomic E-state index is 11.2. The molecule has 0 fully saturated rings. The average molecular weight is 261 g/mol. The summed E-state index contributed by atoms with van der Waals surface area (Å²) in [6.45, 7) is 0.754. The van der Waals surface area contributed by atoms with Gasteiger partial charge in [-0.3, -0.25) is 4.79 Å². The van der Waals surface area contributed by atoms with Crippen molar-refractivity contribution in [1.29, 1.82) is 0 Å². The highest BCUT2D eigenvalue weighted by Crippen LogP contribution is 2.27. The fourth-order valence-electron chi connectivity index (χ4n) is 1.82. The van der Waals surface area contributed by atoms with Crippen LogP contribution in [-0.4, -0.2) is 13.0 Å². The molecule has 18 heavy (non-hydrogen) atoms. The van der Waals surface area contributed by atoms with Gasteiger partial charge in [-0.1, -0.05) is 12.1 Å². The van der Waals surface area contributed by atoms with E-state index in [0.717, 1.165) is 12.2 Å². The van der Waals surface area contributed by atoms with E-state index in [0.29, 0.717) is 11.3 Å². The highest BCUT2D eigenvalue weighted by Gasteiger charge is 2.12. The average Bonchev–Trinajstić information content (AvgIpc) is 2.81. The number of anilines is 2. The third kappa shape index (κ3) is 2.46. The lowest BCUT2D eigenvalue weighted by molar-refractivity contribution is 0.100. The second-order valence-corrected chi connectivity index (χ2v) is 5.07. The normalized spacial score (nSPS) is 10.3. The summed E-state index contributed by atoms with van der Waals surface area (Å²) in [6, 6.07) is 9.39. The van der Waals surface area contributed by atoms with Crippen molar-refractivity contribution in [2.75, 3.05) is 17.7 Å². The molecule has 0 radical (unpaired) electrons. The maximum Gasteiger partial charge on any atom is 0.250 e. The molecule has 0 bridgehead atoms. The van der Waals surface area contributed by atoms with Crippen molar-refractivity contribution in [2.45, 2.75) is 6.54 Å². The van der Waals surface area contributed by atoms with E-state index in [2.05, 4.69) is 6.07 Å². The van der Waals surface area contributed by atoms with Crippen LogP contribution in [0.5, 0.6) is 0 Å². The van der Waals surface area contributed by atoms with Gasteiger partial charge in [0, 0.05) is 11.9 Å². The number of benzene rings is 1. The molecular weight excluding hydrogens is 246 g/mol. The summed E-state index contributed by atoms with van der Waals surface area (Å²) in [5.41, 5.74) is 12.9. The molecule has 0 saturated carbocycles. The Morgan fingerprint density at radius 1 is 1.33 bits per heavy atom. The second kappa shape index (κ2) is 5.10. The minimum absolute atomic E-state index is 0.366. The van der Waals surface area contributed by atoms with Crippen molar-refractivity contribution in [3.05, 3.63) is 46.2 Å². The minimum atomic E-state index is -0.501. The van der Waals surface area contributed by atoms with Gasteiger partial charge in [0.25, 0.3) is 5.91 Å². The number of amides is 1. The van der Waals surface area contributed by atoms with Gasteiger partial charge in [-0.25, -0.2) is 0 Å². The molecule has 0 aliphatic heterocycles. The Kier molecular flexibility index (Phi) is 3.53. The number of hydrogen-bond donors (Lipinski definition) is 2. The highest BCUT2D eigenvalue weighted by atomic mass is 32.1. The Bertz CT molecular complexity index is 551. The van der Waals surface area contributed by atoms with Gasteiger partial charge in [0.1, 0.15) is 0 Å². The molecule has 94 valence electrons. The first kappa shape index (κ1) is 12.4. The summed E-state index contributed by atoms with van der Waals surface area (Å²) in [7, 11) is 1.94. The molecule has 0 aliphatic carbocycles. The zero-order valence-corrected chi connectivity index (χ0v) is 10.9. The van der Waals surface area contributed by atoms with E-state index in [4.69, 9.17) is 11.5 Å². The molecule has 0 aliphatic rings. The van der Waals surface area contributed by atoms with E-state index < -0.39 is 5.91 Å². The Morgan fingerprint density at radius 3 is 2.72 bits per heavy atom. The van der Waals surface area contributed by atoms with Crippen LogP contribution in [0.15, 0.2) is 35.7 Å². The summed E-state index contributed by atoms with van der Waals surface area (Å²) < 4.78 is 0. The van der Waals surface area contributed by atoms with Crippen molar-refractivity contribution in [2.24, 2.45) is 5.73 Å². The molecule has 0 spiro atoms. The first-order chi connectivity index (χ1) is 8.59. The molecule has 0 unspecified atom stereocenters. The minimum Gasteiger partial charge on any atom is -0.396 e. The smallest absolute Gasteiger partial charge is 0.250 e. The third-order valence-electron chi connectivity index (χ3n) is 2.73. The number of carbonyl (C=O) groups is 1. The number of nitrogen functional groups attached to an aromatic ring is 1. The summed E-state index contributed by atoms with van der Waals surface area (Å²) >= 11 is 1.69. The van der Waals surface area contributed by atoms with Crippen molar-refractivity contribution in [3.63, 3.8) is 0 Å². The standard InChI is InChI=1S/C13H15N3OS/c1-16(8-9-4-3-7-18-9)11-6-2-5-10(12(11)14)13(15)17/h2-7H,8,14H2,1H3,(H2,15,17). The molecule has 2 rings (SSSR count). The molecular formula is C13H15N3OS. The van der Waals surface area contributed by atoms with Crippen LogP contribution in [0.25, 0.3) is 0 Å². The van der Waals surface area contributed by atoms with Crippen molar-refractivity contribution < 1.29 is 4.79 Å². The van der Waals surface area contributed by atoms with E-state index in [-0.39, 0.29) is 0 Å². The molecule has 4 N–H and O–H groups in total. The number of para-hydroxylation sites is 1. The lowest BCUT2D eigenvalue weighted by Gasteiger charge is -2.21. The third-order valence-corrected chi connectivity index (χ3v) is 3.59. The largest absolute Gasteiger partial charge is 0.396 e. The Balaban J connectivity index is 2.27. The van der Waals surface area contributed by atoms with Crippen LogP contribution >= 0.6 is 11.3 Å². The fraction of sp³-hybridized carbons (Fsp3) is 0.154. The quantitative estimate of drug-likeness (QED) is 0.827. The first-order valence-electron chi connectivity index (χ1n) is 5.51. The van der Waals surface area contributed by atoms with Gasteiger partial charge >= 0.3 is 0 Å². The van der Waals surface area contributed by atoms with Gasteiger partial charge in [0.05, 0.1) is 23.5 Å². The summed E-state index contributed by atoms with van der Waals surface area (Å²) in [4.78, 5) is 14.5. The van der Waals surface area contributed by atoms with Crippen molar-refractivity contribution >= 4 is 28.6 Å². The van der Waals surface area contributed by atoms with Crippen molar-refractivity contribution in [1.82, 2.24) is 0 Å². The molecule has 1 amide bonds. The first-order valence-corrected chi connectivity index (χ1v) is 6.39. The topological polar surface area (TPSA) is 72.3 Å². The number of primary amides is 1. The molecule has 1 aromatic carbocycles. The van der Waals surface area contributed by atoms with Crippen LogP contribution in [0.4, 0.5) is 11.4 Å². The van der Waals surface area contributed by atoms with Crippen LogP contribution in [0.1, 0.15) is 15.2 Å². The SMILES string of the molecule is CN(Cc1cccs1)c1cccc(C(N)=O)c1N. The number of rotatable bonds is 4. The molecule has 4 nitrogen and oxygen atoms in total. The summed E-state index contributed by atoms with van der Waals surface area (Å²) in [5.74, 6) is -0.501. The van der Waals surface area contributed by atoms with E-state index in [1.54, 1.807) is 23.5 Å². The highest BCUT2D eigenvalue weighted by molar-refractivity contribution is 7.09. The maximum atomic E-state index is 11.2. The molecule has 1 aromatic heterocycles. The lowest BCUT2D eigenvalue weighted by atomic mass is 10.1. The van der Waals surface area contributed by atoms with Gasteiger partial charge < -0.3 is 16.4 Å². The van der Waals surface area contributed by atoms with Crippen LogP contribution in [0.2, 0.25) is 0 Å². The number of hydrogen-bond acceptors (Lipinski definition) is 4. The summed E-state index contributed by atoms with van der Waals surface area (Å²) in [5, 5.41) is 2.03. The second-order valence-electron chi connectivity index (χ2n) is 4.04. The predicted molar refractivity (Wildman–Crippen MR) is 75.8 cm³/mol. The number of carbonyl (C=O) groups excluding carboxylic acids is 1. The fourth-order valence-corrected chi connectivity index (χ4v) is 2.58. The van der Waals surface area contributed by atoms with Crippen LogP contribution < -0.4 is 16.4 Å². The molecule has 5 heteroatoms. The van der Waals surface area contributed by atoms with E-state index in [9.17, 15) is 4.79 Å². The monoisotopic (exact) mass is 261 g/mol. The zero-order chi connectivity index (χ0) is 13.1. The Hall–Kier alpha value is -2.01. The van der Waals surface area contributed by atoms with Crippen LogP contribution in [-0.2, 0) is 6.54 Å². The molecule has 1 heterocycles. The van der Waals surface area contributed by atoms with Crippen molar-refractivity contribution in [3.8, 4) is 0 Å². The lowest BCUT2D eigenvalue weighted by Crippen LogP contribution is -2.20. The van der Waals surface area contributed by atoms with Gasteiger partial charge in [0.15, 0.2) is 0 Å². The van der Waals surface area contributed by atoms with E-state index >= 15 is 0 Å². The molecule has 2 aromatic rings. The van der Waals surface area contributed by atoms with Gasteiger partial charge in [-0.15, -0.1) is 11.3 Å². The molecule has 0 saturated heterocycles. The number of thiophene rings is 1. The van der Waals surface area contributed by atoms with Gasteiger partial charge in [-0.05, 0) is 23.6 Å². The number of nitrogens with zero attached hydrogens (tertiary/aromatic N) is 1. The molecule has 0 atom stereocenters. The Morgan fingerprint density at radius 2 is 2.11 bits per heavy atom. The van der Waals surface area contributed by atoms with Crippen LogP contribution in [0, 0.1) is 0 Å². The van der Waals surface area contributed by atoms with E-state index in [1.165, 1.54) is 4.88 Å². The Labute approximate surface area is 110 Å². The summed E-state index contributed by atoms with van der Waals surface area (Å²) in [6.07, 6.45) is 0. The number of nitrogens with two attached hydrogens (primary N) is 2. The zero-order valence-electron chi connectivity index (χ0n) is 10.1. The van der Waals surface area contributed by atoms with E-state index in [1.807, 2.05) is 29.5 Å².